The summed E-state index contributed by atoms with van der Waals surface area (Å²) in [6.07, 6.45) is 6.67. The van der Waals surface area contributed by atoms with Gasteiger partial charge in [-0.15, -0.1) is 0 Å². The molecule has 0 aliphatic rings. The van der Waals surface area contributed by atoms with Gasteiger partial charge in [0, 0.05) is 18.4 Å². The average Bonchev–Trinajstić information content (AvgIpc) is 2.49. The van der Waals surface area contributed by atoms with Gasteiger partial charge in [0.25, 0.3) is 0 Å². The Bertz CT molecular complexity index is 496. The van der Waals surface area contributed by atoms with E-state index in [4.69, 9.17) is 10.5 Å². The summed E-state index contributed by atoms with van der Waals surface area (Å²) in [7, 11) is 0. The maximum absolute atomic E-state index is 6.23. The first-order chi connectivity index (χ1) is 9.79. The molecule has 0 saturated carbocycles. The number of hydrogen-bond acceptors (Lipinski definition) is 3. The Labute approximate surface area is 120 Å². The smallest absolute Gasteiger partial charge is 0.119 e. The number of benzene rings is 1. The summed E-state index contributed by atoms with van der Waals surface area (Å²) in [6.45, 7) is 2.93. The molecule has 0 amide bonds. The first-order valence-corrected chi connectivity index (χ1v) is 7.17. The molecule has 3 heteroatoms. The van der Waals surface area contributed by atoms with Gasteiger partial charge in [0.05, 0.1) is 6.61 Å². The normalized spacial score (nSPS) is 12.1. The second-order valence-corrected chi connectivity index (χ2v) is 4.94. The SMILES string of the molecule is CCCCOc1ccc(C(N)Cc2cccnc2)cc1. The summed E-state index contributed by atoms with van der Waals surface area (Å²) in [5, 5.41) is 0. The molecule has 3 nitrogen and oxygen atoms in total. The monoisotopic (exact) mass is 270 g/mol. The quantitative estimate of drug-likeness (QED) is 0.783. The van der Waals surface area contributed by atoms with Crippen LogP contribution in [-0.2, 0) is 6.42 Å². The predicted molar refractivity (Wildman–Crippen MR) is 81.7 cm³/mol. The standard InChI is InChI=1S/C17H22N2O/c1-2-3-11-20-16-8-6-15(7-9-16)17(18)12-14-5-4-10-19-13-14/h4-10,13,17H,2-3,11-12,18H2,1H3. The molecule has 20 heavy (non-hydrogen) atoms. The van der Waals surface area contributed by atoms with Crippen molar-refractivity contribution in [3.63, 3.8) is 0 Å². The molecule has 0 spiro atoms. The van der Waals surface area contributed by atoms with Gasteiger partial charge in [0.15, 0.2) is 0 Å². The van der Waals surface area contributed by atoms with E-state index < -0.39 is 0 Å². The van der Waals surface area contributed by atoms with E-state index in [0.29, 0.717) is 0 Å². The highest BCUT2D eigenvalue weighted by atomic mass is 16.5. The van der Waals surface area contributed by atoms with Crippen LogP contribution in [0.15, 0.2) is 48.8 Å². The van der Waals surface area contributed by atoms with Crippen LogP contribution < -0.4 is 10.5 Å². The zero-order valence-electron chi connectivity index (χ0n) is 12.0. The fraction of sp³-hybridized carbons (Fsp3) is 0.353. The Kier molecular flexibility index (Phi) is 5.56. The van der Waals surface area contributed by atoms with Crippen LogP contribution in [0.2, 0.25) is 0 Å². The molecule has 106 valence electrons. The van der Waals surface area contributed by atoms with Crippen LogP contribution in [0.5, 0.6) is 5.75 Å². The van der Waals surface area contributed by atoms with Gasteiger partial charge >= 0.3 is 0 Å². The van der Waals surface area contributed by atoms with Crippen LogP contribution in [0, 0.1) is 0 Å². The van der Waals surface area contributed by atoms with Crippen molar-refractivity contribution in [2.45, 2.75) is 32.2 Å². The molecule has 0 saturated heterocycles. The van der Waals surface area contributed by atoms with Crippen molar-refractivity contribution >= 4 is 0 Å². The minimum absolute atomic E-state index is 0.0103. The third-order valence-corrected chi connectivity index (χ3v) is 3.25. The average molecular weight is 270 g/mol. The minimum atomic E-state index is -0.0103. The van der Waals surface area contributed by atoms with Crippen molar-refractivity contribution in [2.24, 2.45) is 5.73 Å². The third kappa shape index (κ3) is 4.35. The molecule has 1 atom stereocenters. The number of pyridine rings is 1. The zero-order chi connectivity index (χ0) is 14.2. The Morgan fingerprint density at radius 1 is 1.20 bits per heavy atom. The fourth-order valence-electron chi connectivity index (χ4n) is 2.04. The van der Waals surface area contributed by atoms with Gasteiger partial charge < -0.3 is 10.5 Å². The molecule has 1 heterocycles. The number of hydrogen-bond donors (Lipinski definition) is 1. The maximum atomic E-state index is 6.23. The van der Waals surface area contributed by atoms with Crippen molar-refractivity contribution in [1.29, 1.82) is 0 Å². The molecular weight excluding hydrogens is 248 g/mol. The Morgan fingerprint density at radius 2 is 2.00 bits per heavy atom. The highest BCUT2D eigenvalue weighted by molar-refractivity contribution is 5.30. The molecule has 0 fully saturated rings. The van der Waals surface area contributed by atoms with Gasteiger partial charge in [-0.25, -0.2) is 0 Å². The summed E-state index contributed by atoms with van der Waals surface area (Å²) in [5.41, 5.74) is 8.51. The summed E-state index contributed by atoms with van der Waals surface area (Å²) in [5.74, 6) is 0.913. The van der Waals surface area contributed by atoms with Crippen LogP contribution in [-0.4, -0.2) is 11.6 Å². The maximum Gasteiger partial charge on any atom is 0.119 e. The van der Waals surface area contributed by atoms with Crippen molar-refractivity contribution in [2.75, 3.05) is 6.61 Å². The van der Waals surface area contributed by atoms with Gasteiger partial charge in [-0.2, -0.15) is 0 Å². The summed E-state index contributed by atoms with van der Waals surface area (Å²) >= 11 is 0. The van der Waals surface area contributed by atoms with Crippen molar-refractivity contribution < 1.29 is 4.74 Å². The van der Waals surface area contributed by atoms with E-state index in [2.05, 4.69) is 18.0 Å². The number of rotatable bonds is 7. The zero-order valence-corrected chi connectivity index (χ0v) is 12.0. The second kappa shape index (κ2) is 7.65. The molecular formula is C17H22N2O. The van der Waals surface area contributed by atoms with Gasteiger partial charge in [0.1, 0.15) is 5.75 Å². The Hall–Kier alpha value is -1.87. The first kappa shape index (κ1) is 14.5. The predicted octanol–water partition coefficient (Wildman–Crippen LogP) is 3.50. The van der Waals surface area contributed by atoms with E-state index in [9.17, 15) is 0 Å². The topological polar surface area (TPSA) is 48.1 Å². The molecule has 1 aromatic heterocycles. The highest BCUT2D eigenvalue weighted by Crippen LogP contribution is 2.19. The molecule has 1 unspecified atom stereocenters. The van der Waals surface area contributed by atoms with Gasteiger partial charge in [-0.3, -0.25) is 4.98 Å². The van der Waals surface area contributed by atoms with Crippen molar-refractivity contribution in [1.82, 2.24) is 4.98 Å². The number of unbranched alkanes of at least 4 members (excludes halogenated alkanes) is 1. The molecule has 0 aliphatic carbocycles. The molecule has 0 aliphatic heterocycles. The van der Waals surface area contributed by atoms with E-state index in [1.54, 1.807) is 6.20 Å². The van der Waals surface area contributed by atoms with Crippen molar-refractivity contribution in [3.8, 4) is 5.75 Å². The summed E-state index contributed by atoms with van der Waals surface area (Å²) in [6, 6.07) is 12.1. The van der Waals surface area contributed by atoms with Gasteiger partial charge in [-0.1, -0.05) is 31.5 Å². The van der Waals surface area contributed by atoms with E-state index in [1.807, 2.05) is 36.5 Å². The van der Waals surface area contributed by atoms with Crippen LogP contribution in [0.1, 0.15) is 36.9 Å². The number of aromatic nitrogens is 1. The molecule has 2 aromatic rings. The second-order valence-electron chi connectivity index (χ2n) is 4.94. The highest BCUT2D eigenvalue weighted by Gasteiger charge is 2.07. The molecule has 0 bridgehead atoms. The minimum Gasteiger partial charge on any atom is -0.494 e. The van der Waals surface area contributed by atoms with Crippen LogP contribution >= 0.6 is 0 Å². The Balaban J connectivity index is 1.92. The molecule has 2 N–H and O–H groups in total. The third-order valence-electron chi connectivity index (χ3n) is 3.25. The number of ether oxygens (including phenoxy) is 1. The molecule has 1 aromatic carbocycles. The van der Waals surface area contributed by atoms with E-state index >= 15 is 0 Å². The van der Waals surface area contributed by atoms with Crippen molar-refractivity contribution in [3.05, 3.63) is 59.9 Å². The van der Waals surface area contributed by atoms with Crippen LogP contribution in [0.25, 0.3) is 0 Å². The van der Waals surface area contributed by atoms with Gasteiger partial charge in [-0.05, 0) is 42.2 Å². The largest absolute Gasteiger partial charge is 0.494 e. The van der Waals surface area contributed by atoms with E-state index in [-0.39, 0.29) is 6.04 Å². The fourth-order valence-corrected chi connectivity index (χ4v) is 2.04. The lowest BCUT2D eigenvalue weighted by molar-refractivity contribution is 0.309. The summed E-state index contributed by atoms with van der Waals surface area (Å²) in [4.78, 5) is 4.11. The number of nitrogens with zero attached hydrogens (tertiary/aromatic N) is 1. The van der Waals surface area contributed by atoms with Crippen LogP contribution in [0.4, 0.5) is 0 Å². The number of nitrogens with two attached hydrogens (primary N) is 1. The molecule has 2 rings (SSSR count). The Morgan fingerprint density at radius 3 is 2.65 bits per heavy atom. The molecule has 0 radical (unpaired) electrons. The lowest BCUT2D eigenvalue weighted by Gasteiger charge is -2.13. The van der Waals surface area contributed by atoms with E-state index in [0.717, 1.165) is 42.7 Å². The van der Waals surface area contributed by atoms with Gasteiger partial charge in [0.2, 0.25) is 0 Å². The lowest BCUT2D eigenvalue weighted by Crippen LogP contribution is -2.13. The lowest BCUT2D eigenvalue weighted by atomic mass is 10.0. The van der Waals surface area contributed by atoms with Crippen LogP contribution in [0.3, 0.4) is 0 Å². The first-order valence-electron chi connectivity index (χ1n) is 7.17. The van der Waals surface area contributed by atoms with E-state index in [1.165, 1.54) is 0 Å². The summed E-state index contributed by atoms with van der Waals surface area (Å²) < 4.78 is 5.65.